The van der Waals surface area contributed by atoms with Gasteiger partial charge in [0.2, 0.25) is 11.8 Å². The van der Waals surface area contributed by atoms with Gasteiger partial charge in [-0.3, -0.25) is 19.0 Å². The fraction of sp³-hybridized carbons (Fsp3) is 0.0909. The first-order valence-electron chi connectivity index (χ1n) is 10.1. The smallest absolute Gasteiger partial charge is 0.261 e. The van der Waals surface area contributed by atoms with Gasteiger partial charge in [-0.2, -0.15) is 0 Å². The number of carbonyl (C=O) groups excluding carboxylic acids is 2. The van der Waals surface area contributed by atoms with Gasteiger partial charge in [0.25, 0.3) is 20.0 Å². The van der Waals surface area contributed by atoms with E-state index in [4.69, 9.17) is 23.2 Å². The number of anilines is 4. The Kier molecular flexibility index (Phi) is 8.14. The number of halogens is 2. The number of carbonyl (C=O) groups is 2. The average molecular weight is 571 g/mol. The third kappa shape index (κ3) is 6.88. The minimum absolute atomic E-state index is 0.00135. The standard InChI is InChI=1S/C22H20Cl2N4O6S2/c1-13(29)25-15-3-7-18(8-4-15)35(31,32)27-17-11-20(23)22(21(24)12-17)28-36(33,34)19-9-5-16(6-10-19)26-14(2)30/h3-12,27-28H,1-2H3,(H,25,29)(H,26,30). The zero-order chi connectivity index (χ0) is 26.7. The van der Waals surface area contributed by atoms with Gasteiger partial charge in [-0.1, -0.05) is 23.2 Å². The molecule has 0 saturated carbocycles. The molecule has 0 aliphatic carbocycles. The Hall–Kier alpha value is -3.32. The van der Waals surface area contributed by atoms with Crippen LogP contribution in [0.25, 0.3) is 0 Å². The van der Waals surface area contributed by atoms with Gasteiger partial charge in [-0.05, 0) is 60.7 Å². The van der Waals surface area contributed by atoms with Crippen LogP contribution in [0.4, 0.5) is 22.7 Å². The van der Waals surface area contributed by atoms with Crippen molar-refractivity contribution in [3.8, 4) is 0 Å². The van der Waals surface area contributed by atoms with Crippen molar-refractivity contribution >= 4 is 77.8 Å². The van der Waals surface area contributed by atoms with Crippen LogP contribution in [0, 0.1) is 0 Å². The molecule has 0 radical (unpaired) electrons. The third-order valence-corrected chi connectivity index (χ3v) is 7.86. The van der Waals surface area contributed by atoms with E-state index >= 15 is 0 Å². The lowest BCUT2D eigenvalue weighted by Gasteiger charge is -2.15. The van der Waals surface area contributed by atoms with Crippen LogP contribution in [0.1, 0.15) is 13.8 Å². The second kappa shape index (κ2) is 10.7. The molecule has 36 heavy (non-hydrogen) atoms. The van der Waals surface area contributed by atoms with Crippen molar-refractivity contribution in [2.75, 3.05) is 20.1 Å². The average Bonchev–Trinajstić information content (AvgIpc) is 2.76. The second-order valence-corrected chi connectivity index (χ2v) is 11.6. The van der Waals surface area contributed by atoms with Crippen molar-refractivity contribution in [3.05, 3.63) is 70.7 Å². The minimum Gasteiger partial charge on any atom is -0.326 e. The topological polar surface area (TPSA) is 151 Å². The molecule has 0 aliphatic rings. The number of hydrogen-bond donors (Lipinski definition) is 4. The van der Waals surface area contributed by atoms with E-state index in [0.29, 0.717) is 11.4 Å². The number of rotatable bonds is 8. The lowest BCUT2D eigenvalue weighted by molar-refractivity contribution is -0.115. The van der Waals surface area contributed by atoms with Gasteiger partial charge in [-0.15, -0.1) is 0 Å². The monoisotopic (exact) mass is 570 g/mol. The fourth-order valence-electron chi connectivity index (χ4n) is 2.98. The van der Waals surface area contributed by atoms with Crippen LogP contribution in [0.2, 0.25) is 10.0 Å². The van der Waals surface area contributed by atoms with E-state index in [2.05, 4.69) is 20.1 Å². The molecule has 0 bridgehead atoms. The van der Waals surface area contributed by atoms with Crippen molar-refractivity contribution in [1.29, 1.82) is 0 Å². The molecule has 2 amide bonds. The lowest BCUT2D eigenvalue weighted by Crippen LogP contribution is -2.15. The molecular formula is C22H20Cl2N4O6S2. The van der Waals surface area contributed by atoms with E-state index in [0.717, 1.165) is 0 Å². The second-order valence-electron chi connectivity index (χ2n) is 7.44. The summed E-state index contributed by atoms with van der Waals surface area (Å²) < 4.78 is 55.6. The molecular weight excluding hydrogens is 551 g/mol. The molecule has 10 nitrogen and oxygen atoms in total. The Labute approximate surface area is 218 Å². The van der Waals surface area contributed by atoms with E-state index < -0.39 is 20.0 Å². The molecule has 0 aromatic heterocycles. The highest BCUT2D eigenvalue weighted by Crippen LogP contribution is 2.36. The fourth-order valence-corrected chi connectivity index (χ4v) is 5.81. The molecule has 0 fully saturated rings. The molecule has 3 aromatic carbocycles. The summed E-state index contributed by atoms with van der Waals surface area (Å²) in [5.41, 5.74) is 0.693. The molecule has 0 spiro atoms. The number of sulfonamides is 2. The predicted octanol–water partition coefficient (Wildman–Crippen LogP) is 4.51. The van der Waals surface area contributed by atoms with Crippen molar-refractivity contribution in [1.82, 2.24) is 0 Å². The van der Waals surface area contributed by atoms with Crippen LogP contribution >= 0.6 is 23.2 Å². The van der Waals surface area contributed by atoms with Crippen LogP contribution in [-0.4, -0.2) is 28.6 Å². The maximum atomic E-state index is 12.8. The van der Waals surface area contributed by atoms with E-state index in [1.807, 2.05) is 0 Å². The molecule has 0 heterocycles. The molecule has 3 rings (SSSR count). The lowest BCUT2D eigenvalue weighted by atomic mass is 10.3. The van der Waals surface area contributed by atoms with Crippen molar-refractivity contribution in [2.24, 2.45) is 0 Å². The van der Waals surface area contributed by atoms with Gasteiger partial charge in [0.05, 0.1) is 31.2 Å². The van der Waals surface area contributed by atoms with Gasteiger partial charge in [0, 0.05) is 25.2 Å². The third-order valence-electron chi connectivity index (χ3n) is 4.50. The molecule has 0 aliphatic heterocycles. The number of hydrogen-bond acceptors (Lipinski definition) is 6. The van der Waals surface area contributed by atoms with Crippen LogP contribution in [0.5, 0.6) is 0 Å². The summed E-state index contributed by atoms with van der Waals surface area (Å²) in [6.45, 7) is 2.65. The SMILES string of the molecule is CC(=O)Nc1ccc(S(=O)(=O)Nc2cc(Cl)c(NS(=O)(=O)c3ccc(NC(C)=O)cc3)c(Cl)c2)cc1. The predicted molar refractivity (Wildman–Crippen MR) is 140 cm³/mol. The Morgan fingerprint density at radius 1 is 0.611 bits per heavy atom. The van der Waals surface area contributed by atoms with Crippen molar-refractivity contribution in [3.63, 3.8) is 0 Å². The normalized spacial score (nSPS) is 11.4. The van der Waals surface area contributed by atoms with Gasteiger partial charge in [-0.25, -0.2) is 16.8 Å². The summed E-state index contributed by atoms with van der Waals surface area (Å²) in [6.07, 6.45) is 0. The highest BCUT2D eigenvalue weighted by atomic mass is 35.5. The van der Waals surface area contributed by atoms with Gasteiger partial charge >= 0.3 is 0 Å². The number of amides is 2. The first-order chi connectivity index (χ1) is 16.8. The summed E-state index contributed by atoms with van der Waals surface area (Å²) in [5, 5.41) is 4.76. The van der Waals surface area contributed by atoms with Gasteiger partial charge in [0.1, 0.15) is 0 Å². The maximum Gasteiger partial charge on any atom is 0.261 e. The molecule has 190 valence electrons. The van der Waals surface area contributed by atoms with E-state index in [9.17, 15) is 26.4 Å². The van der Waals surface area contributed by atoms with Crippen LogP contribution < -0.4 is 20.1 Å². The summed E-state index contributed by atoms with van der Waals surface area (Å²) >= 11 is 12.4. The van der Waals surface area contributed by atoms with Crippen molar-refractivity contribution < 1.29 is 26.4 Å². The van der Waals surface area contributed by atoms with Crippen molar-refractivity contribution in [2.45, 2.75) is 23.6 Å². The minimum atomic E-state index is -4.11. The summed E-state index contributed by atoms with van der Waals surface area (Å²) in [7, 11) is -8.15. The molecule has 0 saturated heterocycles. The van der Waals surface area contributed by atoms with Crippen LogP contribution in [-0.2, 0) is 29.6 Å². The quantitative estimate of drug-likeness (QED) is 0.312. The Morgan fingerprint density at radius 2 is 0.972 bits per heavy atom. The zero-order valence-corrected chi connectivity index (χ0v) is 21.9. The Bertz CT molecular complexity index is 1500. The highest BCUT2D eigenvalue weighted by molar-refractivity contribution is 7.93. The highest BCUT2D eigenvalue weighted by Gasteiger charge is 2.21. The molecule has 0 atom stereocenters. The Balaban J connectivity index is 1.80. The Morgan fingerprint density at radius 3 is 1.33 bits per heavy atom. The summed E-state index contributed by atoms with van der Waals surface area (Å²) in [4.78, 5) is 22.0. The summed E-state index contributed by atoms with van der Waals surface area (Å²) in [5.74, 6) is -0.606. The van der Waals surface area contributed by atoms with Gasteiger partial charge in [0.15, 0.2) is 0 Å². The van der Waals surface area contributed by atoms with E-state index in [1.54, 1.807) is 0 Å². The summed E-state index contributed by atoms with van der Waals surface area (Å²) in [6, 6.07) is 13.3. The van der Waals surface area contributed by atoms with Crippen LogP contribution in [0.3, 0.4) is 0 Å². The number of nitrogens with one attached hydrogen (secondary N) is 4. The zero-order valence-electron chi connectivity index (χ0n) is 18.8. The van der Waals surface area contributed by atoms with Crippen LogP contribution in [0.15, 0.2) is 70.5 Å². The van der Waals surface area contributed by atoms with Gasteiger partial charge < -0.3 is 10.6 Å². The van der Waals surface area contributed by atoms with E-state index in [1.165, 1.54) is 74.5 Å². The molecule has 3 aromatic rings. The first-order valence-corrected chi connectivity index (χ1v) is 13.8. The molecule has 4 N–H and O–H groups in total. The molecule has 0 unspecified atom stereocenters. The number of benzene rings is 3. The van der Waals surface area contributed by atoms with E-state index in [-0.39, 0.29) is 43.0 Å². The largest absolute Gasteiger partial charge is 0.326 e. The molecule has 14 heteroatoms. The maximum absolute atomic E-state index is 12.8. The first kappa shape index (κ1) is 27.3.